The van der Waals surface area contributed by atoms with Crippen molar-refractivity contribution < 1.29 is 23.7 Å². The number of imide groups is 1. The summed E-state index contributed by atoms with van der Waals surface area (Å²) in [6.07, 6.45) is 0. The largest absolute Gasteiger partial charge is 0.464 e. The lowest BCUT2D eigenvalue weighted by Crippen LogP contribution is -2.50. The van der Waals surface area contributed by atoms with E-state index in [4.69, 9.17) is 4.74 Å². The van der Waals surface area contributed by atoms with Crippen molar-refractivity contribution in [1.29, 1.82) is 0 Å². The van der Waals surface area contributed by atoms with Crippen LogP contribution in [0.25, 0.3) is 0 Å². The second-order valence-electron chi connectivity index (χ2n) is 8.91. The van der Waals surface area contributed by atoms with Crippen LogP contribution in [0.1, 0.15) is 38.9 Å². The highest BCUT2D eigenvalue weighted by atomic mass is 31.2. The Kier molecular flexibility index (Phi) is 7.08. The van der Waals surface area contributed by atoms with E-state index in [1.807, 2.05) is 18.2 Å². The van der Waals surface area contributed by atoms with Crippen molar-refractivity contribution in [3.63, 3.8) is 0 Å². The maximum Gasteiger partial charge on any atom is 0.330 e. The van der Waals surface area contributed by atoms with Gasteiger partial charge in [0, 0.05) is 10.6 Å². The van der Waals surface area contributed by atoms with Crippen LogP contribution in [-0.4, -0.2) is 35.3 Å². The van der Waals surface area contributed by atoms with E-state index in [9.17, 15) is 14.4 Å². The van der Waals surface area contributed by atoms with Crippen LogP contribution in [0.15, 0.2) is 115 Å². The molecule has 4 aromatic carbocycles. The second kappa shape index (κ2) is 10.6. The average Bonchev–Trinajstić information content (AvgIpc) is 3.22. The molecule has 2 atom stereocenters. The smallest absolute Gasteiger partial charge is 0.330 e. The summed E-state index contributed by atoms with van der Waals surface area (Å²) in [4.78, 5) is 42.2. The van der Waals surface area contributed by atoms with Crippen molar-refractivity contribution in [3.05, 3.63) is 132 Å². The summed E-state index contributed by atoms with van der Waals surface area (Å²) in [5.41, 5.74) is -0.145. The minimum Gasteiger partial charge on any atom is -0.464 e. The van der Waals surface area contributed by atoms with Gasteiger partial charge in [-0.25, -0.2) is 4.79 Å². The van der Waals surface area contributed by atoms with Gasteiger partial charge in [-0.05, 0) is 24.6 Å². The van der Waals surface area contributed by atoms with Crippen LogP contribution < -0.4 is 10.6 Å². The predicted molar refractivity (Wildman–Crippen MR) is 146 cm³/mol. The van der Waals surface area contributed by atoms with E-state index in [2.05, 4.69) is 0 Å². The van der Waals surface area contributed by atoms with Crippen LogP contribution in [0, 0.1) is 0 Å². The fourth-order valence-electron chi connectivity index (χ4n) is 5.07. The number of ether oxygens (including phenoxy) is 1. The molecule has 0 saturated carbocycles. The Labute approximate surface area is 221 Å². The summed E-state index contributed by atoms with van der Waals surface area (Å²) in [6.45, 7) is 1.68. The topological polar surface area (TPSA) is 80.8 Å². The van der Waals surface area contributed by atoms with E-state index in [1.165, 1.54) is 0 Å². The SMILES string of the molecule is CCOC(=O)C(C(c1ccccc1)P(=O)(c1ccccc1)c1ccccc1)N1C(=O)c2ccccc2C1=O. The molecule has 6 nitrogen and oxygen atoms in total. The zero-order valence-corrected chi connectivity index (χ0v) is 21.7. The second-order valence-corrected chi connectivity index (χ2v) is 11.8. The van der Waals surface area contributed by atoms with Crippen LogP contribution in [-0.2, 0) is 14.1 Å². The molecule has 1 aliphatic rings. The number of carbonyl (C=O) groups is 3. The van der Waals surface area contributed by atoms with E-state index in [0.29, 0.717) is 16.2 Å². The third-order valence-electron chi connectivity index (χ3n) is 6.74. The molecule has 4 aromatic rings. The van der Waals surface area contributed by atoms with Gasteiger partial charge in [-0.1, -0.05) is 103 Å². The normalized spacial score (nSPS) is 14.6. The molecular formula is C31H26NO5P. The monoisotopic (exact) mass is 523 g/mol. The van der Waals surface area contributed by atoms with Gasteiger partial charge in [0.1, 0.15) is 0 Å². The van der Waals surface area contributed by atoms with Crippen LogP contribution in [0.5, 0.6) is 0 Å². The Bertz CT molecular complexity index is 1440. The summed E-state index contributed by atoms with van der Waals surface area (Å²) in [5, 5.41) is 1.01. The number of fused-ring (bicyclic) bond motifs is 1. The molecule has 2 unspecified atom stereocenters. The van der Waals surface area contributed by atoms with Crippen molar-refractivity contribution >= 4 is 35.5 Å². The van der Waals surface area contributed by atoms with Crippen molar-refractivity contribution in [3.8, 4) is 0 Å². The quantitative estimate of drug-likeness (QED) is 0.185. The lowest BCUT2D eigenvalue weighted by Gasteiger charge is -2.37. The van der Waals surface area contributed by atoms with Crippen molar-refractivity contribution in [2.75, 3.05) is 6.61 Å². The fourth-order valence-corrected chi connectivity index (χ4v) is 8.49. The zero-order valence-electron chi connectivity index (χ0n) is 20.8. The van der Waals surface area contributed by atoms with Crippen LogP contribution in [0.3, 0.4) is 0 Å². The van der Waals surface area contributed by atoms with Gasteiger partial charge in [0.05, 0.1) is 23.4 Å². The zero-order chi connectivity index (χ0) is 26.7. The highest BCUT2D eigenvalue weighted by Crippen LogP contribution is 2.60. The predicted octanol–water partition coefficient (Wildman–Crippen LogP) is 4.97. The molecule has 0 saturated heterocycles. The first-order valence-corrected chi connectivity index (χ1v) is 14.2. The standard InChI is InChI=1S/C31H26NO5P/c1-2-37-31(35)27(32-29(33)25-20-12-13-21-26(25)30(32)34)28(22-14-6-3-7-15-22)38(36,23-16-8-4-9-17-23)24-18-10-5-11-19-24/h3-21,27-28H,2H2,1H3. The lowest BCUT2D eigenvalue weighted by atomic mass is 10.0. The van der Waals surface area contributed by atoms with Crippen LogP contribution >= 0.6 is 7.14 Å². The van der Waals surface area contributed by atoms with Crippen molar-refractivity contribution in [2.45, 2.75) is 18.6 Å². The maximum atomic E-state index is 15.7. The van der Waals surface area contributed by atoms with Gasteiger partial charge >= 0.3 is 5.97 Å². The molecule has 0 radical (unpaired) electrons. The minimum atomic E-state index is -3.74. The molecule has 1 heterocycles. The van der Waals surface area contributed by atoms with Gasteiger partial charge in [0.15, 0.2) is 13.2 Å². The highest BCUT2D eigenvalue weighted by Gasteiger charge is 2.53. The first kappa shape index (κ1) is 25.4. The molecule has 2 amide bonds. The van der Waals surface area contributed by atoms with Gasteiger partial charge in [-0.15, -0.1) is 0 Å². The summed E-state index contributed by atoms with van der Waals surface area (Å²) in [6, 6.07) is 31.7. The molecule has 0 N–H and O–H groups in total. The number of esters is 1. The number of hydrogen-bond acceptors (Lipinski definition) is 5. The Hall–Kier alpha value is -4.28. The number of benzene rings is 4. The van der Waals surface area contributed by atoms with Crippen LogP contribution in [0.4, 0.5) is 0 Å². The van der Waals surface area contributed by atoms with E-state index in [0.717, 1.165) is 4.90 Å². The number of amides is 2. The molecule has 1 aliphatic heterocycles. The van der Waals surface area contributed by atoms with Gasteiger partial charge in [0.2, 0.25) is 0 Å². The average molecular weight is 524 g/mol. The summed E-state index contributed by atoms with van der Waals surface area (Å²) in [7, 11) is -3.74. The van der Waals surface area contributed by atoms with E-state index < -0.39 is 36.6 Å². The number of carbonyl (C=O) groups excluding carboxylic acids is 3. The Morgan fingerprint density at radius 3 is 1.58 bits per heavy atom. The van der Waals surface area contributed by atoms with E-state index in [1.54, 1.807) is 104 Å². The first-order valence-electron chi connectivity index (χ1n) is 12.4. The molecule has 0 aliphatic carbocycles. The van der Waals surface area contributed by atoms with E-state index >= 15 is 4.57 Å². The third kappa shape index (κ3) is 4.27. The van der Waals surface area contributed by atoms with Gasteiger partial charge < -0.3 is 9.30 Å². The molecule has 5 rings (SSSR count). The fraction of sp³-hybridized carbons (Fsp3) is 0.129. The van der Waals surface area contributed by atoms with Gasteiger partial charge in [-0.3, -0.25) is 14.5 Å². The van der Waals surface area contributed by atoms with Gasteiger partial charge in [0.25, 0.3) is 11.8 Å². The molecule has 7 heteroatoms. The first-order chi connectivity index (χ1) is 18.5. The Morgan fingerprint density at radius 2 is 1.13 bits per heavy atom. The Morgan fingerprint density at radius 1 is 0.711 bits per heavy atom. The molecule has 0 aromatic heterocycles. The summed E-state index contributed by atoms with van der Waals surface area (Å²) >= 11 is 0. The highest BCUT2D eigenvalue weighted by molar-refractivity contribution is 7.79. The molecular weight excluding hydrogens is 497 g/mol. The van der Waals surface area contributed by atoms with Gasteiger partial charge in [-0.2, -0.15) is 0 Å². The lowest BCUT2D eigenvalue weighted by molar-refractivity contribution is -0.147. The molecule has 0 bridgehead atoms. The molecule has 0 spiro atoms. The molecule has 0 fully saturated rings. The summed E-state index contributed by atoms with van der Waals surface area (Å²) < 4.78 is 21.1. The maximum absolute atomic E-state index is 15.7. The van der Waals surface area contributed by atoms with Crippen LogP contribution in [0.2, 0.25) is 0 Å². The van der Waals surface area contributed by atoms with Crippen molar-refractivity contribution in [2.24, 2.45) is 0 Å². The summed E-state index contributed by atoms with van der Waals surface area (Å²) in [5.74, 6) is -2.02. The number of hydrogen-bond donors (Lipinski definition) is 0. The number of nitrogens with zero attached hydrogens (tertiary/aromatic N) is 1. The van der Waals surface area contributed by atoms with Crippen molar-refractivity contribution in [1.82, 2.24) is 4.90 Å². The Balaban J connectivity index is 1.81. The molecule has 190 valence electrons. The third-order valence-corrected chi connectivity index (χ3v) is 10.2. The van der Waals surface area contributed by atoms with E-state index in [-0.39, 0.29) is 17.7 Å². The molecule has 38 heavy (non-hydrogen) atoms. The minimum absolute atomic E-state index is 0.0288. The number of rotatable bonds is 8.